The van der Waals surface area contributed by atoms with Crippen LogP contribution in [-0.2, 0) is 18.8 Å². The number of hydrogen-bond donors (Lipinski definition) is 1. The van der Waals surface area contributed by atoms with Crippen LogP contribution in [0.3, 0.4) is 0 Å². The molecule has 0 aliphatic carbocycles. The molecule has 2 aliphatic rings. The van der Waals surface area contributed by atoms with E-state index < -0.39 is 8.32 Å². The maximum atomic E-state index is 12.0. The van der Waals surface area contributed by atoms with E-state index >= 15 is 0 Å². The molecule has 6 heteroatoms. The number of hydrogen-bond acceptors (Lipinski definition) is 5. The van der Waals surface area contributed by atoms with Crippen LogP contribution in [0, 0.1) is 0 Å². The number of carbonyl (C=O) groups is 2. The lowest BCUT2D eigenvalue weighted by Crippen LogP contribution is -2.44. The van der Waals surface area contributed by atoms with E-state index in [9.17, 15) is 9.59 Å². The van der Waals surface area contributed by atoms with Crippen molar-refractivity contribution < 1.29 is 18.8 Å². The standard InChI is InChI=1S/C21H39NO4Si/c1-4-27(5-2,6-3)26-21-16-17-25-20(24)15-11-13-18(23)12-9-7-8-10-14-19(21)22-21/h19,22H,4-17H2,1-3H3. The molecule has 2 fully saturated rings. The lowest BCUT2D eigenvalue weighted by atomic mass is 10.0. The lowest BCUT2D eigenvalue weighted by molar-refractivity contribution is -0.144. The number of rotatable bonds is 5. The van der Waals surface area contributed by atoms with Gasteiger partial charge in [0, 0.05) is 25.7 Å². The van der Waals surface area contributed by atoms with Crippen molar-refractivity contribution in [2.24, 2.45) is 0 Å². The number of nitrogens with one attached hydrogen (secondary N) is 1. The normalized spacial score (nSPS) is 29.1. The Kier molecular flexibility index (Phi) is 8.96. The van der Waals surface area contributed by atoms with Crippen molar-refractivity contribution >= 4 is 20.1 Å². The summed E-state index contributed by atoms with van der Waals surface area (Å²) in [5.74, 6) is 0.0957. The van der Waals surface area contributed by atoms with Gasteiger partial charge >= 0.3 is 5.97 Å². The summed E-state index contributed by atoms with van der Waals surface area (Å²) in [6.45, 7) is 7.16. The van der Waals surface area contributed by atoms with Crippen LogP contribution in [-0.4, -0.2) is 38.4 Å². The maximum absolute atomic E-state index is 12.0. The molecule has 2 heterocycles. The molecule has 0 saturated carbocycles. The molecule has 0 aromatic heterocycles. The Morgan fingerprint density at radius 2 is 1.67 bits per heavy atom. The molecular weight excluding hydrogens is 358 g/mol. The number of carbonyl (C=O) groups excluding carboxylic acids is 2. The summed E-state index contributed by atoms with van der Waals surface area (Å²) in [7, 11) is -1.72. The van der Waals surface area contributed by atoms with Gasteiger partial charge in [-0.05, 0) is 37.4 Å². The average Bonchev–Trinajstić information content (AvgIpc) is 3.34. The second-order valence-corrected chi connectivity index (χ2v) is 12.9. The number of cyclic esters (lactones) is 1. The second kappa shape index (κ2) is 10.7. The van der Waals surface area contributed by atoms with Gasteiger partial charge in [0.25, 0.3) is 0 Å². The monoisotopic (exact) mass is 397 g/mol. The molecular formula is C21H39NO4Si. The van der Waals surface area contributed by atoms with Crippen LogP contribution < -0.4 is 5.32 Å². The number of ether oxygens (including phenoxy) is 1. The van der Waals surface area contributed by atoms with Crippen LogP contribution in [0.15, 0.2) is 0 Å². The van der Waals surface area contributed by atoms with Gasteiger partial charge in [0.2, 0.25) is 0 Å². The smallest absolute Gasteiger partial charge is 0.305 e. The molecule has 5 nitrogen and oxygen atoms in total. The Hall–Kier alpha value is -0.723. The van der Waals surface area contributed by atoms with Crippen molar-refractivity contribution in [2.45, 2.75) is 115 Å². The lowest BCUT2D eigenvalue weighted by Gasteiger charge is -2.33. The van der Waals surface area contributed by atoms with Gasteiger partial charge in [-0.1, -0.05) is 40.0 Å². The molecule has 0 amide bonds. The van der Waals surface area contributed by atoms with Crippen LogP contribution in [0.4, 0.5) is 0 Å². The molecule has 2 unspecified atom stereocenters. The Morgan fingerprint density at radius 1 is 1.00 bits per heavy atom. The molecule has 27 heavy (non-hydrogen) atoms. The van der Waals surface area contributed by atoms with Crippen molar-refractivity contribution in [3.63, 3.8) is 0 Å². The summed E-state index contributed by atoms with van der Waals surface area (Å²) >= 11 is 0. The van der Waals surface area contributed by atoms with Gasteiger partial charge in [0.15, 0.2) is 8.32 Å². The summed E-state index contributed by atoms with van der Waals surface area (Å²) < 4.78 is 12.3. The zero-order valence-electron chi connectivity index (χ0n) is 17.6. The van der Waals surface area contributed by atoms with Crippen LogP contribution in [0.2, 0.25) is 18.1 Å². The Morgan fingerprint density at radius 3 is 2.37 bits per heavy atom. The van der Waals surface area contributed by atoms with Gasteiger partial charge in [0.05, 0.1) is 12.6 Å². The number of fused-ring (bicyclic) bond motifs is 1. The van der Waals surface area contributed by atoms with Crippen LogP contribution in [0.25, 0.3) is 0 Å². The Bertz CT molecular complexity index is 486. The first-order chi connectivity index (χ1) is 13.0. The number of esters is 1. The highest BCUT2D eigenvalue weighted by Crippen LogP contribution is 2.41. The van der Waals surface area contributed by atoms with E-state index in [0.717, 1.165) is 50.2 Å². The third-order valence-corrected chi connectivity index (χ3v) is 11.2. The van der Waals surface area contributed by atoms with Gasteiger partial charge < -0.3 is 9.16 Å². The van der Waals surface area contributed by atoms with E-state index in [0.29, 0.717) is 38.3 Å². The first kappa shape index (κ1) is 22.6. The fourth-order valence-corrected chi connectivity index (χ4v) is 7.29. The number of ketones is 1. The Balaban J connectivity index is 1.97. The van der Waals surface area contributed by atoms with Gasteiger partial charge in [-0.25, -0.2) is 0 Å². The topological polar surface area (TPSA) is 74.5 Å². The van der Waals surface area contributed by atoms with E-state index in [-0.39, 0.29) is 17.5 Å². The molecule has 156 valence electrons. The van der Waals surface area contributed by atoms with Gasteiger partial charge in [0.1, 0.15) is 11.5 Å². The summed E-state index contributed by atoms with van der Waals surface area (Å²) in [5, 5.41) is 3.62. The molecule has 0 aromatic carbocycles. The van der Waals surface area contributed by atoms with Gasteiger partial charge in [-0.15, -0.1) is 0 Å². The summed E-state index contributed by atoms with van der Waals surface area (Å²) in [5.41, 5.74) is -0.276. The number of Topliss-reactive ketones (excluding diaryl/α,β-unsaturated/α-hetero) is 1. The minimum atomic E-state index is -1.72. The van der Waals surface area contributed by atoms with Crippen LogP contribution in [0.5, 0.6) is 0 Å². The summed E-state index contributed by atoms with van der Waals surface area (Å²) in [6, 6.07) is 3.76. The van der Waals surface area contributed by atoms with Crippen molar-refractivity contribution in [1.29, 1.82) is 0 Å². The molecule has 2 aliphatic heterocycles. The molecule has 0 aromatic rings. The first-order valence-electron chi connectivity index (χ1n) is 11.1. The van der Waals surface area contributed by atoms with Crippen molar-refractivity contribution in [3.05, 3.63) is 0 Å². The summed E-state index contributed by atoms with van der Waals surface area (Å²) in [4.78, 5) is 23.8. The fourth-order valence-electron chi connectivity index (χ4n) is 4.28. The third-order valence-electron chi connectivity index (χ3n) is 6.50. The van der Waals surface area contributed by atoms with Crippen LogP contribution in [0.1, 0.15) is 85.0 Å². The quantitative estimate of drug-likeness (QED) is 0.413. The Labute approximate surface area is 166 Å². The average molecular weight is 398 g/mol. The van der Waals surface area contributed by atoms with E-state index in [1.807, 2.05) is 0 Å². The van der Waals surface area contributed by atoms with Crippen LogP contribution >= 0.6 is 0 Å². The fraction of sp³-hybridized carbons (Fsp3) is 0.905. The van der Waals surface area contributed by atoms with Crippen molar-refractivity contribution in [2.75, 3.05) is 6.61 Å². The van der Waals surface area contributed by atoms with Crippen molar-refractivity contribution in [1.82, 2.24) is 5.32 Å². The second-order valence-electron chi connectivity index (χ2n) is 8.25. The molecule has 0 spiro atoms. The third kappa shape index (κ3) is 6.68. The highest BCUT2D eigenvalue weighted by Gasteiger charge is 2.57. The molecule has 1 N–H and O–H groups in total. The predicted octanol–water partition coefficient (Wildman–Crippen LogP) is 4.70. The first-order valence-corrected chi connectivity index (χ1v) is 13.7. The molecule has 2 saturated heterocycles. The zero-order valence-corrected chi connectivity index (χ0v) is 18.6. The molecule has 0 bridgehead atoms. The molecule has 2 atom stereocenters. The SMILES string of the molecule is CC[Si](CC)(CC)OC12CCOC(=O)CCCC(=O)CCCCCCC1N2. The molecule has 2 rings (SSSR count). The van der Waals surface area contributed by atoms with Gasteiger partial charge in [-0.2, -0.15) is 0 Å². The minimum Gasteiger partial charge on any atom is -0.466 e. The minimum absolute atomic E-state index is 0.188. The van der Waals surface area contributed by atoms with E-state index in [4.69, 9.17) is 9.16 Å². The largest absolute Gasteiger partial charge is 0.466 e. The maximum Gasteiger partial charge on any atom is 0.305 e. The van der Waals surface area contributed by atoms with Gasteiger partial charge in [-0.3, -0.25) is 14.9 Å². The highest BCUT2D eigenvalue weighted by atomic mass is 28.4. The highest BCUT2D eigenvalue weighted by molar-refractivity contribution is 6.73. The molecule has 0 radical (unpaired) electrons. The van der Waals surface area contributed by atoms with Crippen molar-refractivity contribution in [3.8, 4) is 0 Å². The predicted molar refractivity (Wildman–Crippen MR) is 110 cm³/mol. The van der Waals surface area contributed by atoms with E-state index in [1.165, 1.54) is 6.42 Å². The summed E-state index contributed by atoms with van der Waals surface area (Å²) in [6.07, 6.45) is 8.37. The van der Waals surface area contributed by atoms with E-state index in [2.05, 4.69) is 26.1 Å². The van der Waals surface area contributed by atoms with E-state index in [1.54, 1.807) is 0 Å². The zero-order chi connectivity index (χ0) is 19.8.